The van der Waals surface area contributed by atoms with Gasteiger partial charge < -0.3 is 15.4 Å². The van der Waals surface area contributed by atoms with Crippen LogP contribution in [0.1, 0.15) is 6.92 Å². The Morgan fingerprint density at radius 1 is 1.03 bits per heavy atom. The molecule has 0 saturated heterocycles. The van der Waals surface area contributed by atoms with Crippen molar-refractivity contribution in [2.45, 2.75) is 18.0 Å². The second-order valence-corrected chi connectivity index (χ2v) is 9.17. The van der Waals surface area contributed by atoms with Crippen LogP contribution in [0.3, 0.4) is 0 Å². The summed E-state index contributed by atoms with van der Waals surface area (Å²) in [5.74, 6) is -1.49. The van der Waals surface area contributed by atoms with Gasteiger partial charge in [-0.1, -0.05) is 18.5 Å². The number of sulfone groups is 1. The minimum absolute atomic E-state index is 0.0600. The number of hydrogen-bond donors (Lipinski definition) is 2. The van der Waals surface area contributed by atoms with Crippen LogP contribution >= 0.6 is 11.6 Å². The normalized spacial score (nSPS) is 11.8. The lowest BCUT2D eigenvalue weighted by Crippen LogP contribution is -2.20. The van der Waals surface area contributed by atoms with Crippen LogP contribution in [0.15, 0.2) is 47.8 Å². The summed E-state index contributed by atoms with van der Waals surface area (Å²) < 4.78 is 81.4. The maximum absolute atomic E-state index is 14.4. The number of aromatic nitrogens is 3. The number of rotatable bonds is 8. The molecule has 0 aliphatic rings. The van der Waals surface area contributed by atoms with Crippen molar-refractivity contribution in [2.24, 2.45) is 0 Å². The minimum atomic E-state index is -4.69. The summed E-state index contributed by atoms with van der Waals surface area (Å²) in [5.41, 5.74) is -0.234. The predicted octanol–water partition coefficient (Wildman–Crippen LogP) is 4.89. The molecule has 0 aliphatic carbocycles. The first-order valence-electron chi connectivity index (χ1n) is 9.20. The lowest BCUT2D eigenvalue weighted by molar-refractivity contribution is -0.153. The quantitative estimate of drug-likeness (QED) is 0.417. The standard InChI is InChI=1S/C19H16ClF4N5O3S/c1-2-33(30,31)15-6-13(14(5-12(15)21)32-9-19(22,23)24)28-17-7-18(27-10-26-17)29-16-4-3-11(20)8-25-16/h3-8,10H,2,9H2,1H3,(H2,25,26,27,28,29). The average Bonchev–Trinajstić information content (AvgIpc) is 2.75. The zero-order valence-electron chi connectivity index (χ0n) is 16.8. The van der Waals surface area contributed by atoms with Crippen molar-refractivity contribution < 1.29 is 30.7 Å². The van der Waals surface area contributed by atoms with Gasteiger partial charge in [-0.3, -0.25) is 0 Å². The second-order valence-electron chi connectivity index (χ2n) is 6.49. The first-order chi connectivity index (χ1) is 15.5. The molecule has 0 aliphatic heterocycles. The van der Waals surface area contributed by atoms with Gasteiger partial charge >= 0.3 is 6.18 Å². The van der Waals surface area contributed by atoms with Crippen molar-refractivity contribution in [3.63, 3.8) is 0 Å². The molecule has 2 heterocycles. The SMILES string of the molecule is CCS(=O)(=O)c1cc(Nc2cc(Nc3ccc(Cl)cn3)ncn2)c(OCC(F)(F)F)cc1F. The third-order valence-corrected chi connectivity index (χ3v) is 6.02. The monoisotopic (exact) mass is 505 g/mol. The molecule has 14 heteroatoms. The number of ether oxygens (including phenoxy) is 1. The van der Waals surface area contributed by atoms with E-state index in [9.17, 15) is 26.0 Å². The molecule has 0 atom stereocenters. The number of halogens is 5. The van der Waals surface area contributed by atoms with Crippen LogP contribution in [0.5, 0.6) is 5.75 Å². The van der Waals surface area contributed by atoms with E-state index in [2.05, 4.69) is 30.3 Å². The van der Waals surface area contributed by atoms with E-state index in [0.717, 1.165) is 12.4 Å². The van der Waals surface area contributed by atoms with Crippen molar-refractivity contribution in [1.82, 2.24) is 15.0 Å². The van der Waals surface area contributed by atoms with Crippen LogP contribution in [-0.2, 0) is 9.84 Å². The number of pyridine rings is 1. The molecule has 2 aromatic heterocycles. The highest BCUT2D eigenvalue weighted by atomic mass is 35.5. The van der Waals surface area contributed by atoms with Gasteiger partial charge in [0.05, 0.1) is 16.5 Å². The molecule has 176 valence electrons. The van der Waals surface area contributed by atoms with E-state index < -0.39 is 44.8 Å². The lowest BCUT2D eigenvalue weighted by atomic mass is 10.2. The summed E-state index contributed by atoms with van der Waals surface area (Å²) in [6.07, 6.45) is -2.15. The molecule has 1 aromatic carbocycles. The van der Waals surface area contributed by atoms with Crippen LogP contribution in [0.2, 0.25) is 5.02 Å². The van der Waals surface area contributed by atoms with Gasteiger partial charge in [0, 0.05) is 18.3 Å². The van der Waals surface area contributed by atoms with Gasteiger partial charge in [0.15, 0.2) is 16.4 Å². The topological polar surface area (TPSA) is 106 Å². The fraction of sp³-hybridized carbons (Fsp3) is 0.211. The molecule has 2 N–H and O–H groups in total. The molecule has 0 spiro atoms. The summed E-state index contributed by atoms with van der Waals surface area (Å²) in [4.78, 5) is 11.3. The molecule has 8 nitrogen and oxygen atoms in total. The van der Waals surface area contributed by atoms with Gasteiger partial charge in [-0.25, -0.2) is 27.8 Å². The number of nitrogens with zero attached hydrogens (tertiary/aromatic N) is 3. The molecule has 0 radical (unpaired) electrons. The maximum Gasteiger partial charge on any atom is 0.422 e. The predicted molar refractivity (Wildman–Crippen MR) is 114 cm³/mol. The third kappa shape index (κ3) is 6.65. The molecule has 0 amide bonds. The first kappa shape index (κ1) is 24.5. The summed E-state index contributed by atoms with van der Waals surface area (Å²) in [6, 6.07) is 5.99. The Kier molecular flexibility index (Phi) is 7.22. The van der Waals surface area contributed by atoms with Crippen molar-refractivity contribution >= 4 is 44.6 Å². The first-order valence-corrected chi connectivity index (χ1v) is 11.2. The Labute approximate surface area is 190 Å². The summed E-state index contributed by atoms with van der Waals surface area (Å²) in [5, 5.41) is 5.95. The van der Waals surface area contributed by atoms with E-state index in [4.69, 9.17) is 11.6 Å². The van der Waals surface area contributed by atoms with Gasteiger partial charge in [-0.05, 0) is 18.2 Å². The van der Waals surface area contributed by atoms with E-state index in [1.807, 2.05) is 0 Å². The number of hydrogen-bond acceptors (Lipinski definition) is 8. The van der Waals surface area contributed by atoms with Gasteiger partial charge in [-0.2, -0.15) is 13.2 Å². The molecule has 33 heavy (non-hydrogen) atoms. The van der Waals surface area contributed by atoms with Crippen molar-refractivity contribution in [1.29, 1.82) is 0 Å². The highest BCUT2D eigenvalue weighted by Gasteiger charge is 2.30. The Morgan fingerprint density at radius 3 is 2.33 bits per heavy atom. The second kappa shape index (κ2) is 9.75. The summed E-state index contributed by atoms with van der Waals surface area (Å²) >= 11 is 5.79. The highest BCUT2D eigenvalue weighted by Crippen LogP contribution is 2.34. The lowest BCUT2D eigenvalue weighted by Gasteiger charge is -2.16. The van der Waals surface area contributed by atoms with Gasteiger partial charge in [0.2, 0.25) is 0 Å². The van der Waals surface area contributed by atoms with E-state index >= 15 is 0 Å². The molecule has 0 fully saturated rings. The molecular weight excluding hydrogens is 490 g/mol. The zero-order valence-corrected chi connectivity index (χ0v) is 18.4. The average molecular weight is 506 g/mol. The van der Waals surface area contributed by atoms with Crippen LogP contribution in [-0.4, -0.2) is 41.9 Å². The van der Waals surface area contributed by atoms with E-state index in [1.54, 1.807) is 12.1 Å². The molecule has 0 bridgehead atoms. The summed E-state index contributed by atoms with van der Waals surface area (Å²) in [7, 11) is -4.01. The molecule has 0 unspecified atom stereocenters. The van der Waals surface area contributed by atoms with Crippen LogP contribution < -0.4 is 15.4 Å². The molecule has 0 saturated carbocycles. The van der Waals surface area contributed by atoms with Crippen LogP contribution in [0.25, 0.3) is 0 Å². The van der Waals surface area contributed by atoms with E-state index in [-0.39, 0.29) is 17.3 Å². The number of alkyl halides is 3. The highest BCUT2D eigenvalue weighted by molar-refractivity contribution is 7.91. The molecule has 3 aromatic rings. The van der Waals surface area contributed by atoms with Crippen LogP contribution in [0.4, 0.5) is 40.7 Å². The fourth-order valence-electron chi connectivity index (χ4n) is 2.52. The zero-order chi connectivity index (χ0) is 24.2. The van der Waals surface area contributed by atoms with Crippen LogP contribution in [0, 0.1) is 5.82 Å². The Bertz CT molecular complexity index is 1240. The third-order valence-electron chi connectivity index (χ3n) is 4.05. The van der Waals surface area contributed by atoms with Crippen molar-refractivity contribution in [3.8, 4) is 5.75 Å². The molecule has 3 rings (SSSR count). The van der Waals surface area contributed by atoms with Gasteiger partial charge in [0.1, 0.15) is 40.2 Å². The van der Waals surface area contributed by atoms with Gasteiger partial charge in [-0.15, -0.1) is 0 Å². The Balaban J connectivity index is 1.94. The summed E-state index contributed by atoms with van der Waals surface area (Å²) in [6.45, 7) is -0.400. The smallest absolute Gasteiger partial charge is 0.422 e. The minimum Gasteiger partial charge on any atom is -0.482 e. The maximum atomic E-state index is 14.4. The van der Waals surface area contributed by atoms with E-state index in [1.165, 1.54) is 19.2 Å². The van der Waals surface area contributed by atoms with Gasteiger partial charge in [0.25, 0.3) is 0 Å². The number of nitrogens with one attached hydrogen (secondary N) is 2. The molecular formula is C19H16ClF4N5O3S. The fourth-order valence-corrected chi connectivity index (χ4v) is 3.59. The van der Waals surface area contributed by atoms with E-state index in [0.29, 0.717) is 16.9 Å². The van der Waals surface area contributed by atoms with Crippen molar-refractivity contribution in [2.75, 3.05) is 23.0 Å². The Morgan fingerprint density at radius 2 is 1.73 bits per heavy atom. The number of benzene rings is 1. The Hall–Kier alpha value is -3.19. The van der Waals surface area contributed by atoms with Crippen molar-refractivity contribution in [3.05, 3.63) is 53.7 Å². The number of anilines is 4. The largest absolute Gasteiger partial charge is 0.482 e.